The number of rotatable bonds is 0. The number of hydrogen-bond donors (Lipinski definition) is 2. The maximum Gasteiger partial charge on any atom is 0.0386 e. The van der Waals surface area contributed by atoms with Gasteiger partial charge in [0.25, 0.3) is 0 Å². The Kier molecular flexibility index (Phi) is 2.45. The van der Waals surface area contributed by atoms with Crippen LogP contribution in [-0.4, -0.2) is 19.1 Å². The molecule has 15 heavy (non-hydrogen) atoms. The number of hydrogen-bond acceptors (Lipinski definition) is 2. The van der Waals surface area contributed by atoms with Gasteiger partial charge in [0.2, 0.25) is 0 Å². The second-order valence-corrected chi connectivity index (χ2v) is 5.42. The number of halogens is 1. The predicted molar refractivity (Wildman–Crippen MR) is 66.2 cm³/mol. The maximum atomic E-state index is 3.67. The molecule has 1 aromatic carbocycles. The van der Waals surface area contributed by atoms with Gasteiger partial charge in [-0.2, -0.15) is 0 Å². The lowest BCUT2D eigenvalue weighted by Gasteiger charge is -2.38. The van der Waals surface area contributed by atoms with E-state index >= 15 is 0 Å². The van der Waals surface area contributed by atoms with Crippen molar-refractivity contribution in [2.24, 2.45) is 5.92 Å². The summed E-state index contributed by atoms with van der Waals surface area (Å²) in [6.45, 7) is 2.31. The van der Waals surface area contributed by atoms with Gasteiger partial charge in [-0.25, -0.2) is 0 Å². The molecule has 2 atom stereocenters. The number of anilines is 1. The van der Waals surface area contributed by atoms with Crippen LogP contribution in [0.3, 0.4) is 0 Å². The van der Waals surface area contributed by atoms with E-state index in [1.54, 1.807) is 0 Å². The number of fused-ring (bicyclic) bond motifs is 2. The van der Waals surface area contributed by atoms with E-state index < -0.39 is 0 Å². The van der Waals surface area contributed by atoms with Crippen molar-refractivity contribution in [2.75, 3.05) is 18.4 Å². The molecule has 1 aromatic rings. The van der Waals surface area contributed by atoms with Gasteiger partial charge in [-0.15, -0.1) is 0 Å². The van der Waals surface area contributed by atoms with E-state index in [0.717, 1.165) is 19.0 Å². The maximum absolute atomic E-state index is 3.67. The number of nitrogens with one attached hydrogen (secondary N) is 2. The molecular formula is C12H15BrN2. The van der Waals surface area contributed by atoms with Crippen LogP contribution in [0, 0.1) is 5.92 Å². The first kappa shape index (κ1) is 9.67. The molecule has 80 valence electrons. The van der Waals surface area contributed by atoms with Gasteiger partial charge in [0, 0.05) is 22.7 Å². The minimum absolute atomic E-state index is 0.674. The third-order valence-electron chi connectivity index (χ3n) is 3.50. The minimum atomic E-state index is 0.674. The Hall–Kier alpha value is -0.540. The molecular weight excluding hydrogens is 252 g/mol. The van der Waals surface area contributed by atoms with Crippen LogP contribution < -0.4 is 10.6 Å². The quantitative estimate of drug-likeness (QED) is 0.754. The Morgan fingerprint density at radius 1 is 1.33 bits per heavy atom. The van der Waals surface area contributed by atoms with Crippen LogP contribution in [0.1, 0.15) is 12.0 Å². The summed E-state index contributed by atoms with van der Waals surface area (Å²) in [7, 11) is 0. The Morgan fingerprint density at radius 2 is 2.27 bits per heavy atom. The molecule has 0 aromatic heterocycles. The van der Waals surface area contributed by atoms with E-state index in [4.69, 9.17) is 0 Å². The smallest absolute Gasteiger partial charge is 0.0386 e. The summed E-state index contributed by atoms with van der Waals surface area (Å²) in [5.41, 5.74) is 2.79. The standard InChI is InChI=1S/C12H15BrN2/c13-10-2-1-8-5-9-7-14-4-3-11(9)15-12(8)6-10/h1-2,6,9,11,14-15H,3-5,7H2. The van der Waals surface area contributed by atoms with Crippen molar-refractivity contribution in [3.8, 4) is 0 Å². The van der Waals surface area contributed by atoms with Crippen molar-refractivity contribution in [1.82, 2.24) is 5.32 Å². The van der Waals surface area contributed by atoms with Crippen molar-refractivity contribution < 1.29 is 0 Å². The molecule has 1 fully saturated rings. The van der Waals surface area contributed by atoms with Crippen molar-refractivity contribution in [3.63, 3.8) is 0 Å². The highest BCUT2D eigenvalue weighted by Gasteiger charge is 2.29. The van der Waals surface area contributed by atoms with Crippen LogP contribution >= 0.6 is 15.9 Å². The van der Waals surface area contributed by atoms with Crippen LogP contribution in [0.15, 0.2) is 22.7 Å². The summed E-state index contributed by atoms with van der Waals surface area (Å²) < 4.78 is 1.17. The Morgan fingerprint density at radius 3 is 3.20 bits per heavy atom. The molecule has 2 aliphatic rings. The SMILES string of the molecule is Brc1ccc2c(c1)NC1CCNCC1C2. The Balaban J connectivity index is 1.92. The van der Waals surface area contributed by atoms with Gasteiger partial charge in [-0.05, 0) is 43.0 Å². The Labute approximate surface area is 98.6 Å². The topological polar surface area (TPSA) is 24.1 Å². The summed E-state index contributed by atoms with van der Waals surface area (Å²) in [6.07, 6.45) is 2.46. The van der Waals surface area contributed by atoms with Crippen molar-refractivity contribution in [1.29, 1.82) is 0 Å². The van der Waals surface area contributed by atoms with Gasteiger partial charge in [0.05, 0.1) is 0 Å². The van der Waals surface area contributed by atoms with E-state index in [1.807, 2.05) is 0 Å². The predicted octanol–water partition coefficient (Wildman–Crippen LogP) is 2.40. The normalized spacial score (nSPS) is 28.9. The van der Waals surface area contributed by atoms with Crippen molar-refractivity contribution in [3.05, 3.63) is 28.2 Å². The van der Waals surface area contributed by atoms with Gasteiger partial charge >= 0.3 is 0 Å². The van der Waals surface area contributed by atoms with Crippen LogP contribution in [0.25, 0.3) is 0 Å². The largest absolute Gasteiger partial charge is 0.382 e. The summed E-state index contributed by atoms with van der Waals surface area (Å²) >= 11 is 3.53. The molecule has 1 saturated heterocycles. The number of benzene rings is 1. The van der Waals surface area contributed by atoms with Gasteiger partial charge in [-0.1, -0.05) is 22.0 Å². The monoisotopic (exact) mass is 266 g/mol. The molecule has 2 aliphatic heterocycles. The van der Waals surface area contributed by atoms with Gasteiger partial charge in [0.1, 0.15) is 0 Å². The average molecular weight is 267 g/mol. The first-order valence-electron chi connectivity index (χ1n) is 5.58. The zero-order chi connectivity index (χ0) is 10.3. The molecule has 2 heterocycles. The molecule has 2 nitrogen and oxygen atoms in total. The van der Waals surface area contributed by atoms with Gasteiger partial charge in [0.15, 0.2) is 0 Å². The van der Waals surface area contributed by atoms with E-state index in [1.165, 1.54) is 28.6 Å². The van der Waals surface area contributed by atoms with E-state index in [9.17, 15) is 0 Å². The summed E-state index contributed by atoms with van der Waals surface area (Å²) in [4.78, 5) is 0. The molecule has 0 spiro atoms. The molecule has 0 aliphatic carbocycles. The van der Waals surface area contributed by atoms with Crippen molar-refractivity contribution in [2.45, 2.75) is 18.9 Å². The lowest BCUT2D eigenvalue weighted by molar-refractivity contribution is 0.333. The third-order valence-corrected chi connectivity index (χ3v) is 4.00. The highest BCUT2D eigenvalue weighted by atomic mass is 79.9. The zero-order valence-electron chi connectivity index (χ0n) is 8.59. The average Bonchev–Trinajstić information content (AvgIpc) is 2.26. The first-order chi connectivity index (χ1) is 7.33. The van der Waals surface area contributed by atoms with Crippen LogP contribution in [0.4, 0.5) is 5.69 Å². The minimum Gasteiger partial charge on any atom is -0.382 e. The molecule has 0 amide bonds. The van der Waals surface area contributed by atoms with Crippen LogP contribution in [-0.2, 0) is 6.42 Å². The van der Waals surface area contributed by atoms with Gasteiger partial charge in [-0.3, -0.25) is 0 Å². The van der Waals surface area contributed by atoms with Crippen molar-refractivity contribution >= 4 is 21.6 Å². The van der Waals surface area contributed by atoms with E-state index in [-0.39, 0.29) is 0 Å². The van der Waals surface area contributed by atoms with Crippen LogP contribution in [0.5, 0.6) is 0 Å². The highest BCUT2D eigenvalue weighted by molar-refractivity contribution is 9.10. The van der Waals surface area contributed by atoms with E-state index in [2.05, 4.69) is 44.8 Å². The molecule has 3 heteroatoms. The lowest BCUT2D eigenvalue weighted by atomic mass is 9.84. The van der Waals surface area contributed by atoms with Gasteiger partial charge < -0.3 is 10.6 Å². The second kappa shape index (κ2) is 3.80. The zero-order valence-corrected chi connectivity index (χ0v) is 10.2. The highest BCUT2D eigenvalue weighted by Crippen LogP contribution is 2.32. The number of piperidine rings is 1. The summed E-state index contributed by atoms with van der Waals surface area (Å²) in [6, 6.07) is 7.25. The fourth-order valence-electron chi connectivity index (χ4n) is 2.67. The second-order valence-electron chi connectivity index (χ2n) is 4.51. The molecule has 2 N–H and O–H groups in total. The van der Waals surface area contributed by atoms with Crippen LogP contribution in [0.2, 0.25) is 0 Å². The molecule has 2 unspecified atom stereocenters. The molecule has 0 radical (unpaired) electrons. The molecule has 0 bridgehead atoms. The fourth-order valence-corrected chi connectivity index (χ4v) is 3.03. The summed E-state index contributed by atoms with van der Waals surface area (Å²) in [5.74, 6) is 0.771. The third kappa shape index (κ3) is 1.79. The fraction of sp³-hybridized carbons (Fsp3) is 0.500. The lowest BCUT2D eigenvalue weighted by Crippen LogP contribution is -2.47. The first-order valence-corrected chi connectivity index (χ1v) is 6.38. The van der Waals surface area contributed by atoms with E-state index in [0.29, 0.717) is 6.04 Å². The summed E-state index contributed by atoms with van der Waals surface area (Å²) in [5, 5.41) is 7.15. The molecule has 0 saturated carbocycles. The molecule has 3 rings (SSSR count). The Bertz CT molecular complexity index is 378.